The number of carbonyl (C=O) groups excluding carboxylic acids is 1. The summed E-state index contributed by atoms with van der Waals surface area (Å²) in [6.07, 6.45) is 5.62. The first-order valence-electron chi connectivity index (χ1n) is 8.32. The SMILES string of the molecule is CCCC(=O)CCn1ccc2c(Nc3ccc(C)cc3)ncnc21. The van der Waals surface area contributed by atoms with Gasteiger partial charge in [0.05, 0.1) is 5.39 Å². The Morgan fingerprint density at radius 1 is 1.12 bits per heavy atom. The van der Waals surface area contributed by atoms with Crippen LogP contribution in [0.4, 0.5) is 11.5 Å². The Kier molecular flexibility index (Phi) is 4.89. The van der Waals surface area contributed by atoms with Gasteiger partial charge in [-0.15, -0.1) is 0 Å². The number of hydrogen-bond donors (Lipinski definition) is 1. The number of anilines is 2. The van der Waals surface area contributed by atoms with Crippen LogP contribution in [-0.2, 0) is 11.3 Å². The monoisotopic (exact) mass is 322 g/mol. The van der Waals surface area contributed by atoms with E-state index >= 15 is 0 Å². The third-order valence-corrected chi connectivity index (χ3v) is 4.03. The van der Waals surface area contributed by atoms with E-state index in [2.05, 4.69) is 34.3 Å². The molecule has 0 bridgehead atoms. The number of fused-ring (bicyclic) bond motifs is 1. The summed E-state index contributed by atoms with van der Waals surface area (Å²) in [4.78, 5) is 20.5. The van der Waals surface area contributed by atoms with Crippen LogP contribution in [-0.4, -0.2) is 20.3 Å². The highest BCUT2D eigenvalue weighted by Crippen LogP contribution is 2.24. The molecule has 0 radical (unpaired) electrons. The zero-order valence-electron chi connectivity index (χ0n) is 14.1. The number of ketones is 1. The maximum absolute atomic E-state index is 11.8. The summed E-state index contributed by atoms with van der Waals surface area (Å²) in [5.41, 5.74) is 3.06. The fraction of sp³-hybridized carbons (Fsp3) is 0.316. The number of Topliss-reactive ketones (excluding diaryl/α,β-unsaturated/α-hetero) is 1. The second-order valence-corrected chi connectivity index (χ2v) is 6.00. The van der Waals surface area contributed by atoms with Crippen molar-refractivity contribution in [3.63, 3.8) is 0 Å². The maximum atomic E-state index is 11.8. The Hall–Kier alpha value is -2.69. The van der Waals surface area contributed by atoms with Crippen molar-refractivity contribution < 1.29 is 4.79 Å². The van der Waals surface area contributed by atoms with Gasteiger partial charge in [-0.05, 0) is 31.5 Å². The van der Waals surface area contributed by atoms with E-state index in [1.54, 1.807) is 6.33 Å². The second kappa shape index (κ2) is 7.25. The highest BCUT2D eigenvalue weighted by atomic mass is 16.1. The van der Waals surface area contributed by atoms with Crippen LogP contribution in [0.2, 0.25) is 0 Å². The molecule has 3 aromatic rings. The minimum Gasteiger partial charge on any atom is -0.340 e. The predicted octanol–water partition coefficient (Wildman–Crippen LogP) is 4.24. The van der Waals surface area contributed by atoms with Crippen LogP contribution in [0.1, 0.15) is 31.7 Å². The third-order valence-electron chi connectivity index (χ3n) is 4.03. The normalized spacial score (nSPS) is 10.9. The molecule has 2 aromatic heterocycles. The third kappa shape index (κ3) is 3.62. The molecular weight excluding hydrogens is 300 g/mol. The first kappa shape index (κ1) is 16.2. The van der Waals surface area contributed by atoms with Crippen molar-refractivity contribution in [1.82, 2.24) is 14.5 Å². The Balaban J connectivity index is 1.81. The van der Waals surface area contributed by atoms with Gasteiger partial charge in [0, 0.05) is 31.3 Å². The van der Waals surface area contributed by atoms with E-state index in [-0.39, 0.29) is 0 Å². The number of rotatable bonds is 7. The number of benzene rings is 1. The van der Waals surface area contributed by atoms with E-state index in [1.165, 1.54) is 5.56 Å². The summed E-state index contributed by atoms with van der Waals surface area (Å²) in [6.45, 7) is 4.75. The average Bonchev–Trinajstić information content (AvgIpc) is 3.00. The smallest absolute Gasteiger partial charge is 0.145 e. The largest absolute Gasteiger partial charge is 0.340 e. The summed E-state index contributed by atoms with van der Waals surface area (Å²) in [6, 6.07) is 10.2. The molecule has 2 heterocycles. The van der Waals surface area contributed by atoms with Gasteiger partial charge in [-0.25, -0.2) is 9.97 Å². The quantitative estimate of drug-likeness (QED) is 0.706. The number of aryl methyl sites for hydroxylation is 2. The van der Waals surface area contributed by atoms with Gasteiger partial charge in [0.1, 0.15) is 23.6 Å². The summed E-state index contributed by atoms with van der Waals surface area (Å²) >= 11 is 0. The van der Waals surface area contributed by atoms with E-state index in [1.807, 2.05) is 35.9 Å². The fourth-order valence-electron chi connectivity index (χ4n) is 2.71. The summed E-state index contributed by atoms with van der Waals surface area (Å²) in [5.74, 6) is 1.08. The standard InChI is InChI=1S/C19H22N4O/c1-3-4-16(24)9-11-23-12-10-17-18(20-13-21-19(17)23)22-15-7-5-14(2)6-8-15/h5-8,10,12-13H,3-4,9,11H2,1-2H3,(H,20,21,22). The van der Waals surface area contributed by atoms with Crippen molar-refractivity contribution in [2.45, 2.75) is 39.7 Å². The Labute approximate surface area is 141 Å². The summed E-state index contributed by atoms with van der Waals surface area (Å²) in [7, 11) is 0. The van der Waals surface area contributed by atoms with Crippen LogP contribution >= 0.6 is 0 Å². The van der Waals surface area contributed by atoms with Gasteiger partial charge in [-0.2, -0.15) is 0 Å². The van der Waals surface area contributed by atoms with Crippen LogP contribution in [0.15, 0.2) is 42.9 Å². The summed E-state index contributed by atoms with van der Waals surface area (Å²) < 4.78 is 2.02. The minimum absolute atomic E-state index is 0.298. The average molecular weight is 322 g/mol. The lowest BCUT2D eigenvalue weighted by atomic mass is 10.2. The van der Waals surface area contributed by atoms with Gasteiger partial charge < -0.3 is 9.88 Å². The van der Waals surface area contributed by atoms with E-state index in [9.17, 15) is 4.79 Å². The zero-order valence-corrected chi connectivity index (χ0v) is 14.1. The first-order valence-corrected chi connectivity index (χ1v) is 8.32. The van der Waals surface area contributed by atoms with E-state index < -0.39 is 0 Å². The molecule has 3 rings (SSSR count). The molecule has 0 aliphatic rings. The van der Waals surface area contributed by atoms with Crippen molar-refractivity contribution in [2.75, 3.05) is 5.32 Å². The zero-order chi connectivity index (χ0) is 16.9. The highest BCUT2D eigenvalue weighted by Gasteiger charge is 2.10. The maximum Gasteiger partial charge on any atom is 0.145 e. The van der Waals surface area contributed by atoms with Gasteiger partial charge in [0.25, 0.3) is 0 Å². The Bertz CT molecular complexity index is 836. The number of nitrogens with one attached hydrogen (secondary N) is 1. The molecule has 0 saturated carbocycles. The number of aromatic nitrogens is 3. The van der Waals surface area contributed by atoms with Gasteiger partial charge in [0.15, 0.2) is 0 Å². The second-order valence-electron chi connectivity index (χ2n) is 6.00. The van der Waals surface area contributed by atoms with Crippen molar-refractivity contribution in [1.29, 1.82) is 0 Å². The summed E-state index contributed by atoms with van der Waals surface area (Å²) in [5, 5.41) is 4.30. The lowest BCUT2D eigenvalue weighted by molar-refractivity contribution is -0.119. The fourth-order valence-corrected chi connectivity index (χ4v) is 2.71. The molecule has 1 N–H and O–H groups in total. The number of hydrogen-bond acceptors (Lipinski definition) is 4. The topological polar surface area (TPSA) is 59.8 Å². The Morgan fingerprint density at radius 3 is 2.67 bits per heavy atom. The van der Waals surface area contributed by atoms with Gasteiger partial charge in [-0.1, -0.05) is 24.6 Å². The number of carbonyl (C=O) groups is 1. The van der Waals surface area contributed by atoms with Crippen LogP contribution < -0.4 is 5.32 Å². The molecule has 0 unspecified atom stereocenters. The highest BCUT2D eigenvalue weighted by molar-refractivity contribution is 5.89. The lowest BCUT2D eigenvalue weighted by Gasteiger charge is -2.08. The lowest BCUT2D eigenvalue weighted by Crippen LogP contribution is -2.05. The molecule has 0 saturated heterocycles. The van der Waals surface area contributed by atoms with Crippen LogP contribution in [0.3, 0.4) is 0 Å². The molecule has 0 aliphatic carbocycles. The van der Waals surface area contributed by atoms with Crippen molar-refractivity contribution >= 4 is 28.3 Å². The van der Waals surface area contributed by atoms with E-state index in [0.29, 0.717) is 25.2 Å². The minimum atomic E-state index is 0.298. The number of nitrogens with zero attached hydrogens (tertiary/aromatic N) is 3. The molecule has 0 aliphatic heterocycles. The molecule has 0 fully saturated rings. The molecule has 0 spiro atoms. The molecule has 24 heavy (non-hydrogen) atoms. The van der Waals surface area contributed by atoms with E-state index in [0.717, 1.165) is 29.0 Å². The van der Waals surface area contributed by atoms with Crippen molar-refractivity contribution in [3.05, 3.63) is 48.4 Å². The molecule has 124 valence electrons. The molecule has 0 atom stereocenters. The molecular formula is C19H22N4O. The van der Waals surface area contributed by atoms with Crippen molar-refractivity contribution in [3.8, 4) is 0 Å². The van der Waals surface area contributed by atoms with Gasteiger partial charge in [0.2, 0.25) is 0 Å². The van der Waals surface area contributed by atoms with Gasteiger partial charge >= 0.3 is 0 Å². The molecule has 1 aromatic carbocycles. The molecule has 5 nitrogen and oxygen atoms in total. The molecule has 5 heteroatoms. The van der Waals surface area contributed by atoms with Gasteiger partial charge in [-0.3, -0.25) is 4.79 Å². The Morgan fingerprint density at radius 2 is 1.92 bits per heavy atom. The van der Waals surface area contributed by atoms with Crippen molar-refractivity contribution in [2.24, 2.45) is 0 Å². The van der Waals surface area contributed by atoms with Crippen LogP contribution in [0.5, 0.6) is 0 Å². The first-order chi connectivity index (χ1) is 11.7. The molecule has 0 amide bonds. The predicted molar refractivity (Wildman–Crippen MR) is 96.5 cm³/mol. The van der Waals surface area contributed by atoms with Crippen LogP contribution in [0.25, 0.3) is 11.0 Å². The van der Waals surface area contributed by atoms with E-state index in [4.69, 9.17) is 0 Å². The van der Waals surface area contributed by atoms with Crippen LogP contribution in [0, 0.1) is 6.92 Å².